The Hall–Kier alpha value is -1.27. The van der Waals surface area contributed by atoms with Gasteiger partial charge in [0.1, 0.15) is 0 Å². The molecule has 0 bridgehead atoms. The Balaban J connectivity index is 1.99. The van der Waals surface area contributed by atoms with Gasteiger partial charge < -0.3 is 9.64 Å². The lowest BCUT2D eigenvalue weighted by atomic mass is 10.1. The third-order valence-electron chi connectivity index (χ3n) is 3.39. The molecule has 3 nitrogen and oxygen atoms in total. The molecule has 1 aromatic rings. The van der Waals surface area contributed by atoms with Crippen molar-refractivity contribution in [1.82, 2.24) is 4.90 Å². The van der Waals surface area contributed by atoms with E-state index in [0.29, 0.717) is 38.4 Å². The number of amides is 1. The lowest BCUT2D eigenvalue weighted by Gasteiger charge is -2.32. The molecule has 1 aliphatic rings. The second-order valence-corrected chi connectivity index (χ2v) is 5.18. The van der Waals surface area contributed by atoms with Gasteiger partial charge in [0.2, 0.25) is 0 Å². The van der Waals surface area contributed by atoms with E-state index in [0.717, 1.165) is 12.1 Å². The number of hydrogen-bond acceptors (Lipinski definition) is 2. The van der Waals surface area contributed by atoms with Crippen LogP contribution in [0, 0.1) is 17.5 Å². The first-order valence-electron chi connectivity index (χ1n) is 6.64. The van der Waals surface area contributed by atoms with Crippen LogP contribution in [0.3, 0.4) is 0 Å². The van der Waals surface area contributed by atoms with Gasteiger partial charge in [-0.15, -0.1) is 11.6 Å². The summed E-state index contributed by atoms with van der Waals surface area (Å²) in [6.07, 6.45) is 1.30. The summed E-state index contributed by atoms with van der Waals surface area (Å²) in [6, 6.07) is 1.44. The lowest BCUT2D eigenvalue weighted by molar-refractivity contribution is 0.0154. The zero-order valence-electron chi connectivity index (χ0n) is 11.3. The van der Waals surface area contributed by atoms with Gasteiger partial charge in [0.15, 0.2) is 17.5 Å². The fourth-order valence-corrected chi connectivity index (χ4v) is 2.39. The van der Waals surface area contributed by atoms with Crippen LogP contribution in [-0.4, -0.2) is 42.5 Å². The van der Waals surface area contributed by atoms with E-state index in [1.54, 1.807) is 0 Å². The first-order valence-corrected chi connectivity index (χ1v) is 7.17. The minimum Gasteiger partial charge on any atom is -0.377 e. The second kappa shape index (κ2) is 7.13. The Labute approximate surface area is 125 Å². The predicted molar refractivity (Wildman–Crippen MR) is 71.9 cm³/mol. The molecule has 1 aromatic carbocycles. The topological polar surface area (TPSA) is 29.5 Å². The molecule has 0 saturated carbocycles. The lowest BCUT2D eigenvalue weighted by Crippen LogP contribution is -2.41. The molecule has 0 aliphatic carbocycles. The summed E-state index contributed by atoms with van der Waals surface area (Å²) in [6.45, 7) is 1.30. The standard InChI is InChI=1S/C14H15ClF3NO2/c15-3-6-21-10-1-4-19(5-2-10)14(20)9-7-11(16)13(18)12(17)8-9/h7-8,10H,1-6H2. The van der Waals surface area contributed by atoms with Gasteiger partial charge >= 0.3 is 0 Å². The van der Waals surface area contributed by atoms with E-state index in [1.165, 1.54) is 4.90 Å². The average Bonchev–Trinajstić information content (AvgIpc) is 2.50. The molecule has 1 aliphatic heterocycles. The molecule has 1 amide bonds. The van der Waals surface area contributed by atoms with Crippen LogP contribution in [0.1, 0.15) is 23.2 Å². The summed E-state index contributed by atoms with van der Waals surface area (Å²) in [7, 11) is 0. The SMILES string of the molecule is O=C(c1cc(F)c(F)c(F)c1)N1CCC(OCCCl)CC1. The van der Waals surface area contributed by atoms with E-state index < -0.39 is 23.4 Å². The molecule has 21 heavy (non-hydrogen) atoms. The minimum atomic E-state index is -1.57. The average molecular weight is 322 g/mol. The zero-order chi connectivity index (χ0) is 15.4. The number of ether oxygens (including phenoxy) is 1. The van der Waals surface area contributed by atoms with Gasteiger partial charge in [-0.2, -0.15) is 0 Å². The maximum atomic E-state index is 13.2. The van der Waals surface area contributed by atoms with E-state index >= 15 is 0 Å². The van der Waals surface area contributed by atoms with Gasteiger partial charge in [-0.1, -0.05) is 0 Å². The van der Waals surface area contributed by atoms with Crippen molar-refractivity contribution >= 4 is 17.5 Å². The Kier molecular flexibility index (Phi) is 5.47. The van der Waals surface area contributed by atoms with Crippen LogP contribution in [0.2, 0.25) is 0 Å². The third kappa shape index (κ3) is 3.89. The van der Waals surface area contributed by atoms with Gasteiger partial charge in [0.25, 0.3) is 5.91 Å². The van der Waals surface area contributed by atoms with Gasteiger partial charge in [-0.05, 0) is 25.0 Å². The fourth-order valence-electron chi connectivity index (χ4n) is 2.30. The number of halogens is 4. The fraction of sp³-hybridized carbons (Fsp3) is 0.500. The number of alkyl halides is 1. The highest BCUT2D eigenvalue weighted by Gasteiger charge is 2.25. The Morgan fingerprint density at radius 3 is 2.33 bits per heavy atom. The Morgan fingerprint density at radius 2 is 1.81 bits per heavy atom. The van der Waals surface area contributed by atoms with E-state index in [-0.39, 0.29) is 11.7 Å². The molecule has 0 N–H and O–H groups in total. The van der Waals surface area contributed by atoms with Gasteiger partial charge in [0, 0.05) is 24.5 Å². The maximum Gasteiger partial charge on any atom is 0.254 e. The molecular formula is C14H15ClF3NO2. The molecule has 7 heteroatoms. The van der Waals surface area contributed by atoms with Gasteiger partial charge in [0.05, 0.1) is 12.7 Å². The van der Waals surface area contributed by atoms with Crippen molar-refractivity contribution in [3.05, 3.63) is 35.1 Å². The highest BCUT2D eigenvalue weighted by molar-refractivity contribution is 6.17. The van der Waals surface area contributed by atoms with Crippen molar-refractivity contribution in [3.63, 3.8) is 0 Å². The third-order valence-corrected chi connectivity index (χ3v) is 3.54. The smallest absolute Gasteiger partial charge is 0.254 e. The summed E-state index contributed by atoms with van der Waals surface area (Å²) in [4.78, 5) is 13.6. The van der Waals surface area contributed by atoms with Crippen LogP contribution in [0.5, 0.6) is 0 Å². The van der Waals surface area contributed by atoms with Crippen molar-refractivity contribution < 1.29 is 22.7 Å². The van der Waals surface area contributed by atoms with E-state index in [4.69, 9.17) is 16.3 Å². The van der Waals surface area contributed by atoms with Crippen LogP contribution in [0.15, 0.2) is 12.1 Å². The van der Waals surface area contributed by atoms with Gasteiger partial charge in [-0.3, -0.25) is 4.79 Å². The van der Waals surface area contributed by atoms with Crippen molar-refractivity contribution in [2.75, 3.05) is 25.6 Å². The van der Waals surface area contributed by atoms with Crippen molar-refractivity contribution in [2.24, 2.45) is 0 Å². The van der Waals surface area contributed by atoms with Crippen LogP contribution in [-0.2, 0) is 4.74 Å². The number of rotatable bonds is 4. The molecule has 1 heterocycles. The number of piperidine rings is 1. The molecule has 0 spiro atoms. The second-order valence-electron chi connectivity index (χ2n) is 4.81. The van der Waals surface area contributed by atoms with Crippen LogP contribution in [0.4, 0.5) is 13.2 Å². The normalized spacial score (nSPS) is 16.3. The van der Waals surface area contributed by atoms with Crippen molar-refractivity contribution in [1.29, 1.82) is 0 Å². The molecule has 2 rings (SSSR count). The molecule has 0 atom stereocenters. The number of benzene rings is 1. The quantitative estimate of drug-likeness (QED) is 0.630. The van der Waals surface area contributed by atoms with Crippen LogP contribution < -0.4 is 0 Å². The monoisotopic (exact) mass is 321 g/mol. The largest absolute Gasteiger partial charge is 0.377 e. The molecule has 116 valence electrons. The van der Waals surface area contributed by atoms with Gasteiger partial charge in [-0.25, -0.2) is 13.2 Å². The number of carbonyl (C=O) groups excluding carboxylic acids is 1. The minimum absolute atomic E-state index is 0.0366. The summed E-state index contributed by atoms with van der Waals surface area (Å²) in [5, 5.41) is 0. The van der Waals surface area contributed by atoms with E-state index in [1.807, 2.05) is 0 Å². The first-order chi connectivity index (χ1) is 10.0. The van der Waals surface area contributed by atoms with Crippen LogP contribution in [0.25, 0.3) is 0 Å². The highest BCUT2D eigenvalue weighted by atomic mass is 35.5. The van der Waals surface area contributed by atoms with Crippen LogP contribution >= 0.6 is 11.6 Å². The number of carbonyl (C=O) groups is 1. The predicted octanol–water partition coefficient (Wildman–Crippen LogP) is 2.96. The molecule has 0 radical (unpaired) electrons. The zero-order valence-corrected chi connectivity index (χ0v) is 12.0. The molecule has 0 unspecified atom stereocenters. The van der Waals surface area contributed by atoms with E-state index in [2.05, 4.69) is 0 Å². The van der Waals surface area contributed by atoms with Crippen molar-refractivity contribution in [3.8, 4) is 0 Å². The number of nitrogens with zero attached hydrogens (tertiary/aromatic N) is 1. The highest BCUT2D eigenvalue weighted by Crippen LogP contribution is 2.19. The summed E-state index contributed by atoms with van der Waals surface area (Å²) in [5.74, 6) is -4.39. The summed E-state index contributed by atoms with van der Waals surface area (Å²) < 4.78 is 44.7. The Morgan fingerprint density at radius 1 is 1.24 bits per heavy atom. The Bertz CT molecular complexity index is 496. The molecule has 1 saturated heterocycles. The number of hydrogen-bond donors (Lipinski definition) is 0. The maximum absolute atomic E-state index is 13.2. The summed E-state index contributed by atoms with van der Waals surface area (Å²) >= 11 is 5.53. The summed E-state index contributed by atoms with van der Waals surface area (Å²) in [5.41, 5.74) is -0.188. The molecule has 1 fully saturated rings. The first kappa shape index (κ1) is 16.1. The van der Waals surface area contributed by atoms with Crippen molar-refractivity contribution in [2.45, 2.75) is 18.9 Å². The van der Waals surface area contributed by atoms with E-state index in [9.17, 15) is 18.0 Å². The molecular weight excluding hydrogens is 307 g/mol. The number of likely N-dealkylation sites (tertiary alicyclic amines) is 1. The molecule has 0 aromatic heterocycles.